The van der Waals surface area contributed by atoms with Gasteiger partial charge in [0.05, 0.1) is 5.92 Å². The van der Waals surface area contributed by atoms with Crippen molar-refractivity contribution >= 4 is 35.1 Å². The molecule has 1 amide bonds. The smallest absolute Gasteiger partial charge is 0.306 e. The van der Waals surface area contributed by atoms with E-state index in [0.29, 0.717) is 42.3 Å². The number of hydrogen-bond acceptors (Lipinski definition) is 2. The molecule has 2 rings (SSSR count). The Bertz CT molecular complexity index is 527. The molecule has 0 unspecified atom stereocenters. The maximum Gasteiger partial charge on any atom is 0.306 e. The highest BCUT2D eigenvalue weighted by atomic mass is 35.5. The van der Waals surface area contributed by atoms with Crippen LogP contribution in [0.2, 0.25) is 10.0 Å². The van der Waals surface area contributed by atoms with Gasteiger partial charge >= 0.3 is 5.97 Å². The zero-order valence-electron chi connectivity index (χ0n) is 11.4. The molecular formula is C15H17Cl2NO3. The van der Waals surface area contributed by atoms with Crippen molar-refractivity contribution in [2.75, 3.05) is 6.54 Å². The highest BCUT2D eigenvalue weighted by Crippen LogP contribution is 2.31. The van der Waals surface area contributed by atoms with E-state index in [-0.39, 0.29) is 17.7 Å². The van der Waals surface area contributed by atoms with Crippen LogP contribution in [0.3, 0.4) is 0 Å². The highest BCUT2D eigenvalue weighted by Gasteiger charge is 2.33. The molecule has 1 aliphatic rings. The molecule has 0 bridgehead atoms. The number of carbonyl (C=O) groups is 2. The maximum absolute atomic E-state index is 12.0. The third-order valence-electron chi connectivity index (χ3n) is 3.79. The van der Waals surface area contributed by atoms with Crippen molar-refractivity contribution < 1.29 is 14.7 Å². The normalized spacial score (nSPS) is 21.2. The third kappa shape index (κ3) is 4.61. The zero-order chi connectivity index (χ0) is 15.4. The van der Waals surface area contributed by atoms with Crippen LogP contribution in [0.1, 0.15) is 24.8 Å². The Balaban J connectivity index is 1.78. The number of amides is 1. The number of carbonyl (C=O) groups excluding carboxylic acids is 1. The van der Waals surface area contributed by atoms with Crippen molar-refractivity contribution in [2.24, 2.45) is 11.8 Å². The van der Waals surface area contributed by atoms with Crippen LogP contribution in [-0.4, -0.2) is 23.5 Å². The average Bonchev–Trinajstić information content (AvgIpc) is 2.87. The Hall–Kier alpha value is -1.26. The summed E-state index contributed by atoms with van der Waals surface area (Å²) in [7, 11) is 0. The molecule has 1 aromatic rings. The SMILES string of the molecule is O=C(O)[C@@H]1CC[C@H](C(=O)NCCc2cc(Cl)cc(Cl)c2)C1. The average molecular weight is 330 g/mol. The predicted molar refractivity (Wildman–Crippen MR) is 81.6 cm³/mol. The van der Waals surface area contributed by atoms with Gasteiger partial charge in [0.15, 0.2) is 0 Å². The lowest BCUT2D eigenvalue weighted by Crippen LogP contribution is -2.31. The van der Waals surface area contributed by atoms with Crippen LogP contribution in [-0.2, 0) is 16.0 Å². The van der Waals surface area contributed by atoms with Crippen LogP contribution < -0.4 is 5.32 Å². The first-order valence-electron chi connectivity index (χ1n) is 6.91. The van der Waals surface area contributed by atoms with Gasteiger partial charge in [-0.25, -0.2) is 0 Å². The number of carboxylic acid groups (broad SMARTS) is 1. The third-order valence-corrected chi connectivity index (χ3v) is 4.22. The topological polar surface area (TPSA) is 66.4 Å². The number of halogens is 2. The summed E-state index contributed by atoms with van der Waals surface area (Å²) in [6, 6.07) is 5.29. The van der Waals surface area contributed by atoms with E-state index in [4.69, 9.17) is 28.3 Å². The second-order valence-corrected chi connectivity index (χ2v) is 6.24. The summed E-state index contributed by atoms with van der Waals surface area (Å²) in [6.07, 6.45) is 2.30. The van der Waals surface area contributed by atoms with Crippen LogP contribution >= 0.6 is 23.2 Å². The van der Waals surface area contributed by atoms with Crippen molar-refractivity contribution in [1.82, 2.24) is 5.32 Å². The van der Waals surface area contributed by atoms with E-state index in [0.717, 1.165) is 5.56 Å². The molecule has 4 nitrogen and oxygen atoms in total. The van der Waals surface area contributed by atoms with Crippen molar-refractivity contribution in [1.29, 1.82) is 0 Å². The molecule has 0 saturated heterocycles. The van der Waals surface area contributed by atoms with Crippen LogP contribution in [0.15, 0.2) is 18.2 Å². The fourth-order valence-corrected chi connectivity index (χ4v) is 3.24. The molecule has 0 heterocycles. The molecule has 0 spiro atoms. The van der Waals surface area contributed by atoms with Gasteiger partial charge in [-0.1, -0.05) is 23.2 Å². The number of hydrogen-bond donors (Lipinski definition) is 2. The number of rotatable bonds is 5. The first kappa shape index (κ1) is 16.1. The quantitative estimate of drug-likeness (QED) is 0.871. The van der Waals surface area contributed by atoms with E-state index >= 15 is 0 Å². The van der Waals surface area contributed by atoms with Crippen LogP contribution in [0.25, 0.3) is 0 Å². The molecule has 114 valence electrons. The zero-order valence-corrected chi connectivity index (χ0v) is 13.0. The summed E-state index contributed by atoms with van der Waals surface area (Å²) in [4.78, 5) is 22.9. The van der Waals surface area contributed by atoms with Crippen LogP contribution in [0.5, 0.6) is 0 Å². The summed E-state index contributed by atoms with van der Waals surface area (Å²) in [5.41, 5.74) is 0.961. The number of aliphatic carboxylic acids is 1. The van der Waals surface area contributed by atoms with Gasteiger partial charge in [0.1, 0.15) is 0 Å². The molecule has 1 fully saturated rings. The van der Waals surface area contributed by atoms with Crippen molar-refractivity contribution in [3.8, 4) is 0 Å². The lowest BCUT2D eigenvalue weighted by molar-refractivity contribution is -0.141. The minimum atomic E-state index is -0.807. The summed E-state index contributed by atoms with van der Waals surface area (Å²) in [5.74, 6) is -1.44. The molecule has 0 aliphatic heterocycles. The van der Waals surface area contributed by atoms with Gasteiger partial charge in [-0.3, -0.25) is 9.59 Å². The minimum Gasteiger partial charge on any atom is -0.481 e. The lowest BCUT2D eigenvalue weighted by Gasteiger charge is -2.11. The molecule has 1 saturated carbocycles. The molecule has 1 aromatic carbocycles. The Labute approximate surface area is 133 Å². The van der Waals surface area contributed by atoms with Crippen molar-refractivity contribution in [3.05, 3.63) is 33.8 Å². The molecule has 21 heavy (non-hydrogen) atoms. The fourth-order valence-electron chi connectivity index (χ4n) is 2.67. The highest BCUT2D eigenvalue weighted by molar-refractivity contribution is 6.34. The largest absolute Gasteiger partial charge is 0.481 e. The number of nitrogens with one attached hydrogen (secondary N) is 1. The summed E-state index contributed by atoms with van der Waals surface area (Å²) >= 11 is 11.8. The Morgan fingerprint density at radius 2 is 1.76 bits per heavy atom. The van der Waals surface area contributed by atoms with Crippen LogP contribution in [0.4, 0.5) is 0 Å². The molecule has 2 atom stereocenters. The molecule has 0 radical (unpaired) electrons. The number of benzene rings is 1. The summed E-state index contributed by atoms with van der Waals surface area (Å²) < 4.78 is 0. The van der Waals surface area contributed by atoms with Gasteiger partial charge in [-0.15, -0.1) is 0 Å². The van der Waals surface area contributed by atoms with Gasteiger partial charge < -0.3 is 10.4 Å². The fraction of sp³-hybridized carbons (Fsp3) is 0.467. The molecule has 0 aromatic heterocycles. The van der Waals surface area contributed by atoms with E-state index in [9.17, 15) is 9.59 Å². The van der Waals surface area contributed by atoms with Gasteiger partial charge in [0.2, 0.25) is 5.91 Å². The molecule has 1 aliphatic carbocycles. The minimum absolute atomic E-state index is 0.0631. The monoisotopic (exact) mass is 329 g/mol. The maximum atomic E-state index is 12.0. The number of carboxylic acids is 1. The molecule has 6 heteroatoms. The van der Waals surface area contributed by atoms with Gasteiger partial charge in [-0.05, 0) is 49.4 Å². The van der Waals surface area contributed by atoms with Gasteiger partial charge in [0, 0.05) is 22.5 Å². The van der Waals surface area contributed by atoms with Gasteiger partial charge in [0.25, 0.3) is 0 Å². The first-order chi connectivity index (χ1) is 9.95. The van der Waals surface area contributed by atoms with Gasteiger partial charge in [-0.2, -0.15) is 0 Å². The Morgan fingerprint density at radius 3 is 2.33 bits per heavy atom. The standard InChI is InChI=1S/C15H17Cl2NO3/c16-12-5-9(6-13(17)8-12)3-4-18-14(19)10-1-2-11(7-10)15(20)21/h5-6,8,10-11H,1-4,7H2,(H,18,19)(H,20,21)/t10-,11+/m0/s1. The van der Waals surface area contributed by atoms with E-state index < -0.39 is 5.97 Å². The Kier molecular flexibility index (Phi) is 5.48. The first-order valence-corrected chi connectivity index (χ1v) is 7.67. The summed E-state index contributed by atoms with van der Waals surface area (Å²) in [5, 5.41) is 12.9. The van der Waals surface area contributed by atoms with Crippen LogP contribution in [0, 0.1) is 11.8 Å². The van der Waals surface area contributed by atoms with E-state index in [1.807, 2.05) is 12.1 Å². The molecule has 2 N–H and O–H groups in total. The lowest BCUT2D eigenvalue weighted by atomic mass is 10.0. The molecular weight excluding hydrogens is 313 g/mol. The predicted octanol–water partition coefficient (Wildman–Crippen LogP) is 3.15. The van der Waals surface area contributed by atoms with Crippen molar-refractivity contribution in [2.45, 2.75) is 25.7 Å². The second-order valence-electron chi connectivity index (χ2n) is 5.36. The van der Waals surface area contributed by atoms with E-state index in [1.54, 1.807) is 6.07 Å². The second kappa shape index (κ2) is 7.14. The van der Waals surface area contributed by atoms with E-state index in [2.05, 4.69) is 5.32 Å². The summed E-state index contributed by atoms with van der Waals surface area (Å²) in [6.45, 7) is 0.490. The van der Waals surface area contributed by atoms with E-state index in [1.165, 1.54) is 0 Å². The Morgan fingerprint density at radius 1 is 1.14 bits per heavy atom. The van der Waals surface area contributed by atoms with Crippen molar-refractivity contribution in [3.63, 3.8) is 0 Å².